The standard InChI is InChI=1S/C13H16N2/c1-10-11-5-2-3-6-12(11)15-8-4-7-14-9-13(10)15/h2-3,5-6,14H,4,7-9H2,1H3. The number of aromatic nitrogens is 1. The number of rotatable bonds is 0. The maximum atomic E-state index is 3.48. The van der Waals surface area contributed by atoms with Gasteiger partial charge in [-0.2, -0.15) is 0 Å². The maximum absolute atomic E-state index is 3.48. The monoisotopic (exact) mass is 200 g/mol. The highest BCUT2D eigenvalue weighted by Gasteiger charge is 2.14. The number of nitrogens with zero attached hydrogens (tertiary/aromatic N) is 1. The molecule has 1 aliphatic rings. The van der Waals surface area contributed by atoms with Gasteiger partial charge in [0.15, 0.2) is 0 Å². The van der Waals surface area contributed by atoms with Gasteiger partial charge in [-0.1, -0.05) is 18.2 Å². The van der Waals surface area contributed by atoms with Crippen LogP contribution in [0.25, 0.3) is 10.9 Å². The summed E-state index contributed by atoms with van der Waals surface area (Å²) in [6.07, 6.45) is 1.23. The molecule has 2 nitrogen and oxygen atoms in total. The van der Waals surface area contributed by atoms with E-state index in [0.29, 0.717) is 0 Å². The van der Waals surface area contributed by atoms with Crippen LogP contribution in [-0.2, 0) is 13.1 Å². The van der Waals surface area contributed by atoms with Gasteiger partial charge < -0.3 is 9.88 Å². The van der Waals surface area contributed by atoms with E-state index in [0.717, 1.165) is 19.6 Å². The summed E-state index contributed by atoms with van der Waals surface area (Å²) in [6, 6.07) is 8.72. The molecule has 0 fully saturated rings. The van der Waals surface area contributed by atoms with Crippen LogP contribution >= 0.6 is 0 Å². The minimum atomic E-state index is 1.01. The number of para-hydroxylation sites is 1. The summed E-state index contributed by atoms with van der Waals surface area (Å²) in [6.45, 7) is 5.54. The van der Waals surface area contributed by atoms with Gasteiger partial charge in [0, 0.05) is 29.7 Å². The molecule has 0 atom stereocenters. The summed E-state index contributed by atoms with van der Waals surface area (Å²) >= 11 is 0. The Kier molecular flexibility index (Phi) is 2.03. The second-order valence-electron chi connectivity index (χ2n) is 4.27. The predicted molar refractivity (Wildman–Crippen MR) is 63.0 cm³/mol. The number of hydrogen-bond donors (Lipinski definition) is 1. The molecule has 2 heterocycles. The van der Waals surface area contributed by atoms with Gasteiger partial charge in [0.2, 0.25) is 0 Å². The highest BCUT2D eigenvalue weighted by atomic mass is 15.0. The van der Waals surface area contributed by atoms with E-state index in [-0.39, 0.29) is 0 Å². The molecule has 1 aromatic heterocycles. The Morgan fingerprint density at radius 2 is 2.13 bits per heavy atom. The molecule has 0 saturated heterocycles. The minimum absolute atomic E-state index is 1.01. The molecule has 0 saturated carbocycles. The average molecular weight is 200 g/mol. The summed E-state index contributed by atoms with van der Waals surface area (Å²) in [5, 5.41) is 4.90. The second kappa shape index (κ2) is 3.38. The van der Waals surface area contributed by atoms with E-state index in [1.165, 1.54) is 28.6 Å². The fourth-order valence-corrected chi connectivity index (χ4v) is 2.58. The van der Waals surface area contributed by atoms with Crippen LogP contribution in [0.2, 0.25) is 0 Å². The molecule has 0 aliphatic carbocycles. The molecule has 78 valence electrons. The van der Waals surface area contributed by atoms with Gasteiger partial charge in [-0.05, 0) is 31.5 Å². The van der Waals surface area contributed by atoms with E-state index < -0.39 is 0 Å². The Hall–Kier alpha value is -1.28. The van der Waals surface area contributed by atoms with Crippen LogP contribution in [0.5, 0.6) is 0 Å². The highest BCUT2D eigenvalue weighted by Crippen LogP contribution is 2.26. The maximum Gasteiger partial charge on any atom is 0.0485 e. The Labute approximate surface area is 89.9 Å². The molecule has 2 heteroatoms. The fourth-order valence-electron chi connectivity index (χ4n) is 2.58. The zero-order chi connectivity index (χ0) is 10.3. The van der Waals surface area contributed by atoms with Gasteiger partial charge >= 0.3 is 0 Å². The van der Waals surface area contributed by atoms with Crippen molar-refractivity contribution in [3.8, 4) is 0 Å². The van der Waals surface area contributed by atoms with E-state index in [9.17, 15) is 0 Å². The molecule has 0 unspecified atom stereocenters. The topological polar surface area (TPSA) is 17.0 Å². The van der Waals surface area contributed by atoms with Gasteiger partial charge in [-0.25, -0.2) is 0 Å². The van der Waals surface area contributed by atoms with Gasteiger partial charge in [-0.3, -0.25) is 0 Å². The Morgan fingerprint density at radius 1 is 1.27 bits per heavy atom. The fraction of sp³-hybridized carbons (Fsp3) is 0.385. The summed E-state index contributed by atoms with van der Waals surface area (Å²) < 4.78 is 2.48. The normalized spacial score (nSPS) is 16.3. The smallest absolute Gasteiger partial charge is 0.0485 e. The summed E-state index contributed by atoms with van der Waals surface area (Å²) in [5.74, 6) is 0. The van der Waals surface area contributed by atoms with Crippen LogP contribution in [0.15, 0.2) is 24.3 Å². The van der Waals surface area contributed by atoms with E-state index >= 15 is 0 Å². The Bertz CT molecular complexity index is 496. The van der Waals surface area contributed by atoms with Gasteiger partial charge in [0.1, 0.15) is 0 Å². The van der Waals surface area contributed by atoms with Crippen LogP contribution in [0.3, 0.4) is 0 Å². The molecule has 1 N–H and O–H groups in total. The van der Waals surface area contributed by atoms with Crippen molar-refractivity contribution in [1.82, 2.24) is 9.88 Å². The van der Waals surface area contributed by atoms with Crippen molar-refractivity contribution < 1.29 is 0 Å². The lowest BCUT2D eigenvalue weighted by Gasteiger charge is -2.05. The third-order valence-electron chi connectivity index (χ3n) is 3.39. The van der Waals surface area contributed by atoms with Crippen molar-refractivity contribution in [3.05, 3.63) is 35.5 Å². The first-order chi connectivity index (χ1) is 7.38. The molecule has 15 heavy (non-hydrogen) atoms. The van der Waals surface area contributed by atoms with Gasteiger partial charge in [0.05, 0.1) is 0 Å². The quantitative estimate of drug-likeness (QED) is 0.691. The SMILES string of the molecule is Cc1c2n(c3ccccc13)CCCNC2. The molecule has 0 radical (unpaired) electrons. The number of nitrogens with one attached hydrogen (secondary N) is 1. The van der Waals surface area contributed by atoms with Crippen molar-refractivity contribution in [1.29, 1.82) is 0 Å². The molecule has 3 rings (SSSR count). The first-order valence-electron chi connectivity index (χ1n) is 5.65. The third-order valence-corrected chi connectivity index (χ3v) is 3.39. The van der Waals surface area contributed by atoms with Crippen LogP contribution < -0.4 is 5.32 Å². The van der Waals surface area contributed by atoms with Crippen molar-refractivity contribution in [2.24, 2.45) is 0 Å². The zero-order valence-electron chi connectivity index (χ0n) is 9.09. The lowest BCUT2D eigenvalue weighted by molar-refractivity contribution is 0.654. The van der Waals surface area contributed by atoms with E-state index in [2.05, 4.69) is 41.1 Å². The molecule has 1 aliphatic heterocycles. The first-order valence-corrected chi connectivity index (χ1v) is 5.65. The lowest BCUT2D eigenvalue weighted by atomic mass is 10.1. The molecule has 0 amide bonds. The van der Waals surface area contributed by atoms with Crippen molar-refractivity contribution in [3.63, 3.8) is 0 Å². The molecular weight excluding hydrogens is 184 g/mol. The molecule has 0 bridgehead atoms. The van der Waals surface area contributed by atoms with Crippen molar-refractivity contribution in [2.75, 3.05) is 6.54 Å². The molecule has 2 aromatic rings. The largest absolute Gasteiger partial charge is 0.343 e. The van der Waals surface area contributed by atoms with Crippen LogP contribution in [-0.4, -0.2) is 11.1 Å². The zero-order valence-corrected chi connectivity index (χ0v) is 9.09. The summed E-state index contributed by atoms with van der Waals surface area (Å²) in [7, 11) is 0. The Balaban J connectivity index is 2.32. The third kappa shape index (κ3) is 1.29. The number of aryl methyl sites for hydroxylation is 2. The molecule has 1 aromatic carbocycles. The number of benzene rings is 1. The summed E-state index contributed by atoms with van der Waals surface area (Å²) in [5.41, 5.74) is 4.31. The van der Waals surface area contributed by atoms with Crippen molar-refractivity contribution >= 4 is 10.9 Å². The number of hydrogen-bond acceptors (Lipinski definition) is 1. The second-order valence-corrected chi connectivity index (χ2v) is 4.27. The van der Waals surface area contributed by atoms with Crippen molar-refractivity contribution in [2.45, 2.75) is 26.4 Å². The van der Waals surface area contributed by atoms with Gasteiger partial charge in [-0.15, -0.1) is 0 Å². The first kappa shape index (κ1) is 8.98. The Morgan fingerprint density at radius 3 is 3.07 bits per heavy atom. The lowest BCUT2D eigenvalue weighted by Crippen LogP contribution is -2.12. The number of fused-ring (bicyclic) bond motifs is 3. The van der Waals surface area contributed by atoms with E-state index in [4.69, 9.17) is 0 Å². The van der Waals surface area contributed by atoms with Crippen LogP contribution in [0.1, 0.15) is 17.7 Å². The molecular formula is C13H16N2. The van der Waals surface area contributed by atoms with E-state index in [1.807, 2.05) is 0 Å². The predicted octanol–water partition coefficient (Wildman–Crippen LogP) is 2.44. The van der Waals surface area contributed by atoms with Crippen LogP contribution in [0, 0.1) is 6.92 Å². The summed E-state index contributed by atoms with van der Waals surface area (Å²) in [4.78, 5) is 0. The van der Waals surface area contributed by atoms with Gasteiger partial charge in [0.25, 0.3) is 0 Å². The molecule has 0 spiro atoms. The highest BCUT2D eigenvalue weighted by molar-refractivity contribution is 5.85. The average Bonchev–Trinajstić information content (AvgIpc) is 2.48. The van der Waals surface area contributed by atoms with E-state index in [1.54, 1.807) is 0 Å². The minimum Gasteiger partial charge on any atom is -0.343 e. The van der Waals surface area contributed by atoms with Crippen LogP contribution in [0.4, 0.5) is 0 Å².